The van der Waals surface area contributed by atoms with Gasteiger partial charge >= 0.3 is 0 Å². The third kappa shape index (κ3) is 4.18. The zero-order valence-electron chi connectivity index (χ0n) is 13.0. The van der Waals surface area contributed by atoms with Gasteiger partial charge < -0.3 is 9.64 Å². The van der Waals surface area contributed by atoms with E-state index in [0.29, 0.717) is 6.61 Å². The minimum atomic E-state index is 0.206. The molecule has 112 valence electrons. The van der Waals surface area contributed by atoms with Gasteiger partial charge in [0, 0.05) is 17.8 Å². The number of hydrogen-bond acceptors (Lipinski definition) is 2. The van der Waals surface area contributed by atoms with Gasteiger partial charge in [0.1, 0.15) is 0 Å². The summed E-state index contributed by atoms with van der Waals surface area (Å²) in [4.78, 5) is 3.19. The first kappa shape index (κ1) is 17.4. The van der Waals surface area contributed by atoms with Gasteiger partial charge in [0.25, 0.3) is 0 Å². The average Bonchev–Trinajstić information content (AvgIpc) is 2.33. The Morgan fingerprint density at radius 1 is 1.35 bits per heavy atom. The number of rotatable bonds is 6. The molecule has 0 aliphatic rings. The lowest BCUT2D eigenvalue weighted by atomic mass is 10.1. The second-order valence-electron chi connectivity index (χ2n) is 5.21. The van der Waals surface area contributed by atoms with Crippen LogP contribution in [0, 0.1) is 13.8 Å². The number of anilines is 1. The first-order chi connectivity index (χ1) is 9.42. The molecular formula is C16H24ClNOS. The van der Waals surface area contributed by atoms with Gasteiger partial charge in [0.05, 0.1) is 17.6 Å². The quantitative estimate of drug-likeness (QED) is 0.691. The molecule has 0 saturated heterocycles. The molecule has 0 heterocycles. The molecule has 0 spiro atoms. The van der Waals surface area contributed by atoms with E-state index < -0.39 is 0 Å². The largest absolute Gasteiger partial charge is 0.383 e. The summed E-state index contributed by atoms with van der Waals surface area (Å²) >= 11 is 11.8. The molecule has 1 rings (SSSR count). The third-order valence-electron chi connectivity index (χ3n) is 3.28. The van der Waals surface area contributed by atoms with E-state index in [4.69, 9.17) is 28.6 Å². The fourth-order valence-corrected chi connectivity index (χ4v) is 3.33. The highest BCUT2D eigenvalue weighted by Gasteiger charge is 2.22. The van der Waals surface area contributed by atoms with Gasteiger partial charge in [-0.2, -0.15) is 0 Å². The van der Waals surface area contributed by atoms with Crippen molar-refractivity contribution in [1.82, 2.24) is 0 Å². The van der Waals surface area contributed by atoms with Crippen molar-refractivity contribution < 1.29 is 4.74 Å². The van der Waals surface area contributed by atoms with Gasteiger partial charge in [-0.15, -0.1) is 0 Å². The molecule has 1 aromatic rings. The Kier molecular flexibility index (Phi) is 6.93. The Labute approximate surface area is 133 Å². The molecule has 0 N–H and O–H groups in total. The Bertz CT molecular complexity index is 453. The molecule has 0 aliphatic carbocycles. The molecule has 2 nitrogen and oxygen atoms in total. The summed E-state index contributed by atoms with van der Waals surface area (Å²) in [7, 11) is 1.72. The van der Waals surface area contributed by atoms with Crippen molar-refractivity contribution in [3.05, 3.63) is 28.3 Å². The minimum absolute atomic E-state index is 0.206. The van der Waals surface area contributed by atoms with Crippen molar-refractivity contribution in [2.75, 3.05) is 18.6 Å². The lowest BCUT2D eigenvalue weighted by molar-refractivity contribution is 0.185. The highest BCUT2D eigenvalue weighted by Crippen LogP contribution is 2.31. The highest BCUT2D eigenvalue weighted by molar-refractivity contribution is 7.80. The summed E-state index contributed by atoms with van der Waals surface area (Å²) in [5, 5.41) is 0.768. The molecule has 20 heavy (non-hydrogen) atoms. The van der Waals surface area contributed by atoms with Gasteiger partial charge in [0.15, 0.2) is 0 Å². The van der Waals surface area contributed by atoms with Crippen molar-refractivity contribution in [2.45, 2.75) is 46.6 Å². The molecule has 0 radical (unpaired) electrons. The van der Waals surface area contributed by atoms with E-state index in [1.165, 1.54) is 0 Å². The Balaban J connectivity index is 3.26. The van der Waals surface area contributed by atoms with Crippen LogP contribution < -0.4 is 4.90 Å². The average molecular weight is 314 g/mol. The van der Waals surface area contributed by atoms with E-state index >= 15 is 0 Å². The highest BCUT2D eigenvalue weighted by atomic mass is 35.5. The predicted molar refractivity (Wildman–Crippen MR) is 92.2 cm³/mol. The van der Waals surface area contributed by atoms with Crippen LogP contribution in [0.15, 0.2) is 12.1 Å². The number of aryl methyl sites for hydroxylation is 2. The summed E-state index contributed by atoms with van der Waals surface area (Å²) in [6, 6.07) is 4.19. The van der Waals surface area contributed by atoms with Crippen molar-refractivity contribution in [2.24, 2.45) is 0 Å². The maximum atomic E-state index is 6.13. The summed E-state index contributed by atoms with van der Waals surface area (Å²) < 4.78 is 5.31. The number of ether oxygens (including phenoxy) is 1. The standard InChI is InChI=1S/C16H24ClNOS/c1-6-7-15(20)18(13(4)10-19-5)16-11(2)8-14(17)9-12(16)3/h8-9,13H,6-7,10H2,1-5H3. The lowest BCUT2D eigenvalue weighted by Crippen LogP contribution is -2.41. The molecule has 1 aromatic carbocycles. The van der Waals surface area contributed by atoms with Crippen LogP contribution in [0.4, 0.5) is 5.69 Å². The van der Waals surface area contributed by atoms with Gasteiger partial charge in [0.2, 0.25) is 0 Å². The fourth-order valence-electron chi connectivity index (χ4n) is 2.52. The zero-order chi connectivity index (χ0) is 15.3. The molecule has 0 fully saturated rings. The van der Waals surface area contributed by atoms with Crippen LogP contribution in [0.3, 0.4) is 0 Å². The monoisotopic (exact) mass is 313 g/mol. The summed E-state index contributed by atoms with van der Waals surface area (Å²) in [5.41, 5.74) is 3.46. The molecule has 0 aromatic heterocycles. The van der Waals surface area contributed by atoms with Crippen LogP contribution in [-0.2, 0) is 4.74 Å². The van der Waals surface area contributed by atoms with Crippen LogP contribution in [-0.4, -0.2) is 24.7 Å². The summed E-state index contributed by atoms with van der Waals surface area (Å²) in [6.07, 6.45) is 1.95. The smallest absolute Gasteiger partial charge is 0.0827 e. The first-order valence-electron chi connectivity index (χ1n) is 7.00. The number of hydrogen-bond donors (Lipinski definition) is 0. The Morgan fingerprint density at radius 3 is 2.35 bits per heavy atom. The summed E-state index contributed by atoms with van der Waals surface area (Å²) in [5.74, 6) is 0. The second-order valence-corrected chi connectivity index (χ2v) is 6.11. The molecule has 0 aliphatic heterocycles. The molecule has 0 bridgehead atoms. The molecule has 1 atom stereocenters. The number of benzene rings is 1. The van der Waals surface area contributed by atoms with Crippen LogP contribution >= 0.6 is 23.8 Å². The van der Waals surface area contributed by atoms with Gasteiger partial charge in [-0.1, -0.05) is 30.7 Å². The maximum absolute atomic E-state index is 6.13. The van der Waals surface area contributed by atoms with Gasteiger partial charge in [-0.3, -0.25) is 0 Å². The SMILES string of the molecule is CCCC(=S)N(c1c(C)cc(Cl)cc1C)C(C)COC. The Hall–Kier alpha value is -0.640. The van der Waals surface area contributed by atoms with Crippen molar-refractivity contribution in [3.63, 3.8) is 0 Å². The van der Waals surface area contributed by atoms with Crippen LogP contribution in [0.25, 0.3) is 0 Å². The van der Waals surface area contributed by atoms with E-state index in [1.54, 1.807) is 7.11 Å². The van der Waals surface area contributed by atoms with E-state index in [-0.39, 0.29) is 6.04 Å². The molecule has 0 saturated carbocycles. The van der Waals surface area contributed by atoms with E-state index in [0.717, 1.165) is 39.7 Å². The van der Waals surface area contributed by atoms with Crippen LogP contribution in [0.1, 0.15) is 37.8 Å². The van der Waals surface area contributed by atoms with E-state index in [2.05, 4.69) is 32.6 Å². The molecule has 0 amide bonds. The maximum Gasteiger partial charge on any atom is 0.0827 e. The predicted octanol–water partition coefficient (Wildman–Crippen LogP) is 4.93. The van der Waals surface area contributed by atoms with Crippen molar-refractivity contribution in [3.8, 4) is 0 Å². The second kappa shape index (κ2) is 7.96. The fraction of sp³-hybridized carbons (Fsp3) is 0.562. The molecular weight excluding hydrogens is 290 g/mol. The molecule has 1 unspecified atom stereocenters. The normalized spacial score (nSPS) is 12.3. The number of methoxy groups -OCH3 is 1. The molecule has 4 heteroatoms. The van der Waals surface area contributed by atoms with Crippen molar-refractivity contribution >= 4 is 34.5 Å². The van der Waals surface area contributed by atoms with Gasteiger partial charge in [-0.25, -0.2) is 0 Å². The first-order valence-corrected chi connectivity index (χ1v) is 7.78. The lowest BCUT2D eigenvalue weighted by Gasteiger charge is -2.34. The van der Waals surface area contributed by atoms with Crippen LogP contribution in [0.2, 0.25) is 5.02 Å². The van der Waals surface area contributed by atoms with Crippen LogP contribution in [0.5, 0.6) is 0 Å². The van der Waals surface area contributed by atoms with E-state index in [1.807, 2.05) is 12.1 Å². The minimum Gasteiger partial charge on any atom is -0.383 e. The number of halogens is 1. The summed E-state index contributed by atoms with van der Waals surface area (Å²) in [6.45, 7) is 9.09. The zero-order valence-corrected chi connectivity index (χ0v) is 14.6. The van der Waals surface area contributed by atoms with Gasteiger partial charge in [-0.05, 0) is 56.9 Å². The Morgan fingerprint density at radius 2 is 1.90 bits per heavy atom. The van der Waals surface area contributed by atoms with E-state index in [9.17, 15) is 0 Å². The van der Waals surface area contributed by atoms with Crippen molar-refractivity contribution in [1.29, 1.82) is 0 Å². The number of thiocarbonyl (C=S) groups is 1. The number of nitrogens with zero attached hydrogens (tertiary/aromatic N) is 1. The third-order valence-corrected chi connectivity index (χ3v) is 3.90. The topological polar surface area (TPSA) is 12.5 Å².